The van der Waals surface area contributed by atoms with Gasteiger partial charge in [0.05, 0.1) is 4.92 Å². The highest BCUT2D eigenvalue weighted by atomic mass is 79.9. The SMILES string of the molecule is O=C(O)C1CNCCN1Cc1ccc([N+](=O)[O-])cc1Br. The van der Waals surface area contributed by atoms with Gasteiger partial charge in [-0.2, -0.15) is 0 Å². The van der Waals surface area contributed by atoms with Gasteiger partial charge in [0.15, 0.2) is 0 Å². The number of benzene rings is 1. The van der Waals surface area contributed by atoms with Crippen molar-refractivity contribution in [3.63, 3.8) is 0 Å². The van der Waals surface area contributed by atoms with E-state index in [-0.39, 0.29) is 5.69 Å². The first kappa shape index (κ1) is 14.9. The molecular formula is C12H14BrN3O4. The van der Waals surface area contributed by atoms with E-state index in [0.717, 1.165) is 12.1 Å². The monoisotopic (exact) mass is 343 g/mol. The standard InChI is InChI=1S/C12H14BrN3O4/c13-10-5-9(16(19)20)2-1-8(10)7-15-4-3-14-6-11(15)12(17)18/h1-2,5,11,14H,3-4,6-7H2,(H,17,18). The summed E-state index contributed by atoms with van der Waals surface area (Å²) in [5.74, 6) is -0.866. The average Bonchev–Trinajstić information content (AvgIpc) is 2.41. The highest BCUT2D eigenvalue weighted by Gasteiger charge is 2.28. The zero-order valence-corrected chi connectivity index (χ0v) is 12.2. The number of hydrogen-bond acceptors (Lipinski definition) is 5. The average molecular weight is 344 g/mol. The Morgan fingerprint density at radius 2 is 2.35 bits per heavy atom. The van der Waals surface area contributed by atoms with Crippen LogP contribution in [0.2, 0.25) is 0 Å². The largest absolute Gasteiger partial charge is 0.480 e. The molecule has 8 heteroatoms. The summed E-state index contributed by atoms with van der Waals surface area (Å²) >= 11 is 3.31. The third-order valence-corrected chi connectivity index (χ3v) is 4.00. The number of nitrogens with zero attached hydrogens (tertiary/aromatic N) is 2. The minimum absolute atomic E-state index is 0.00993. The molecule has 1 aromatic rings. The number of hydrogen-bond donors (Lipinski definition) is 2. The molecule has 0 bridgehead atoms. The molecule has 1 unspecified atom stereocenters. The molecule has 1 aliphatic heterocycles. The van der Waals surface area contributed by atoms with Gasteiger partial charge in [0.25, 0.3) is 5.69 Å². The highest BCUT2D eigenvalue weighted by Crippen LogP contribution is 2.25. The number of carbonyl (C=O) groups is 1. The summed E-state index contributed by atoms with van der Waals surface area (Å²) in [4.78, 5) is 23.3. The van der Waals surface area contributed by atoms with Crippen LogP contribution >= 0.6 is 15.9 Å². The van der Waals surface area contributed by atoms with Crippen molar-refractivity contribution < 1.29 is 14.8 Å². The van der Waals surface area contributed by atoms with E-state index in [1.807, 2.05) is 4.90 Å². The third-order valence-electron chi connectivity index (χ3n) is 3.26. The van der Waals surface area contributed by atoms with Gasteiger partial charge < -0.3 is 10.4 Å². The quantitative estimate of drug-likeness (QED) is 0.630. The van der Waals surface area contributed by atoms with Crippen molar-refractivity contribution >= 4 is 27.6 Å². The Bertz CT molecular complexity index is 537. The van der Waals surface area contributed by atoms with Crippen LogP contribution in [0.1, 0.15) is 5.56 Å². The molecule has 0 saturated carbocycles. The van der Waals surface area contributed by atoms with E-state index < -0.39 is 16.9 Å². The maximum atomic E-state index is 11.2. The molecule has 1 saturated heterocycles. The lowest BCUT2D eigenvalue weighted by atomic mass is 10.1. The number of nitro benzene ring substituents is 1. The highest BCUT2D eigenvalue weighted by molar-refractivity contribution is 9.10. The van der Waals surface area contributed by atoms with Crippen molar-refractivity contribution in [2.45, 2.75) is 12.6 Å². The van der Waals surface area contributed by atoms with Crippen LogP contribution in [0.3, 0.4) is 0 Å². The fourth-order valence-corrected chi connectivity index (χ4v) is 2.67. The second-order valence-corrected chi connectivity index (χ2v) is 5.42. The Morgan fingerprint density at radius 3 is 2.95 bits per heavy atom. The van der Waals surface area contributed by atoms with Gasteiger partial charge in [-0.25, -0.2) is 0 Å². The lowest BCUT2D eigenvalue weighted by molar-refractivity contribution is -0.384. The first-order chi connectivity index (χ1) is 9.49. The number of nitrogens with one attached hydrogen (secondary N) is 1. The maximum absolute atomic E-state index is 11.2. The smallest absolute Gasteiger partial charge is 0.322 e. The summed E-state index contributed by atoms with van der Waals surface area (Å²) in [7, 11) is 0. The van der Waals surface area contributed by atoms with E-state index in [2.05, 4.69) is 21.2 Å². The summed E-state index contributed by atoms with van der Waals surface area (Å²) in [5, 5.41) is 22.9. The van der Waals surface area contributed by atoms with Gasteiger partial charge in [0, 0.05) is 42.8 Å². The normalized spacial score (nSPS) is 19.8. The Kier molecular flexibility index (Phi) is 4.69. The van der Waals surface area contributed by atoms with Crippen molar-refractivity contribution in [3.05, 3.63) is 38.3 Å². The molecule has 1 aliphatic rings. The molecule has 0 aromatic heterocycles. The van der Waals surface area contributed by atoms with E-state index in [4.69, 9.17) is 0 Å². The summed E-state index contributed by atoms with van der Waals surface area (Å²) < 4.78 is 0.620. The van der Waals surface area contributed by atoms with E-state index in [0.29, 0.717) is 24.1 Å². The molecule has 0 aliphatic carbocycles. The zero-order chi connectivity index (χ0) is 14.7. The van der Waals surface area contributed by atoms with Crippen LogP contribution < -0.4 is 5.32 Å². The Balaban J connectivity index is 2.16. The molecule has 0 amide bonds. The molecule has 1 atom stereocenters. The van der Waals surface area contributed by atoms with Gasteiger partial charge >= 0.3 is 5.97 Å². The minimum Gasteiger partial charge on any atom is -0.480 e. The lowest BCUT2D eigenvalue weighted by Gasteiger charge is -2.33. The number of rotatable bonds is 4. The molecule has 2 N–H and O–H groups in total. The van der Waals surface area contributed by atoms with Gasteiger partial charge in [0.1, 0.15) is 6.04 Å². The van der Waals surface area contributed by atoms with Crippen LogP contribution in [0.5, 0.6) is 0 Å². The van der Waals surface area contributed by atoms with Crippen LogP contribution in [0.4, 0.5) is 5.69 Å². The summed E-state index contributed by atoms with van der Waals surface area (Å²) in [5.41, 5.74) is 0.847. The number of non-ortho nitro benzene ring substituents is 1. The van der Waals surface area contributed by atoms with Gasteiger partial charge in [-0.05, 0) is 11.6 Å². The number of carboxylic acids is 1. The zero-order valence-electron chi connectivity index (χ0n) is 10.6. The first-order valence-electron chi connectivity index (χ1n) is 6.09. The van der Waals surface area contributed by atoms with Crippen molar-refractivity contribution in [3.8, 4) is 0 Å². The Morgan fingerprint density at radius 1 is 1.60 bits per heavy atom. The number of nitro groups is 1. The molecule has 1 heterocycles. The van der Waals surface area contributed by atoms with Gasteiger partial charge in [0.2, 0.25) is 0 Å². The summed E-state index contributed by atoms with van der Waals surface area (Å²) in [6.07, 6.45) is 0. The molecule has 0 radical (unpaired) electrons. The summed E-state index contributed by atoms with van der Waals surface area (Å²) in [6, 6.07) is 3.94. The van der Waals surface area contributed by atoms with Crippen LogP contribution in [0.15, 0.2) is 22.7 Å². The molecule has 108 valence electrons. The van der Waals surface area contributed by atoms with E-state index in [1.54, 1.807) is 6.07 Å². The third kappa shape index (κ3) is 3.33. The maximum Gasteiger partial charge on any atom is 0.322 e. The van der Waals surface area contributed by atoms with Crippen LogP contribution in [-0.2, 0) is 11.3 Å². The van der Waals surface area contributed by atoms with Gasteiger partial charge in [-0.1, -0.05) is 15.9 Å². The van der Waals surface area contributed by atoms with Crippen molar-refractivity contribution in [2.24, 2.45) is 0 Å². The van der Waals surface area contributed by atoms with Crippen LogP contribution in [0, 0.1) is 10.1 Å². The van der Waals surface area contributed by atoms with Gasteiger partial charge in [-0.15, -0.1) is 0 Å². The number of carboxylic acid groups (broad SMARTS) is 1. The predicted octanol–water partition coefficient (Wildman–Crippen LogP) is 1.22. The molecule has 1 fully saturated rings. The van der Waals surface area contributed by atoms with Crippen LogP contribution in [-0.4, -0.2) is 46.6 Å². The number of piperazine rings is 1. The predicted molar refractivity (Wildman–Crippen MR) is 75.5 cm³/mol. The van der Waals surface area contributed by atoms with E-state index in [9.17, 15) is 20.0 Å². The molecule has 2 rings (SSSR count). The van der Waals surface area contributed by atoms with Crippen molar-refractivity contribution in [1.82, 2.24) is 10.2 Å². The molecular weight excluding hydrogens is 330 g/mol. The lowest BCUT2D eigenvalue weighted by Crippen LogP contribution is -2.54. The fourth-order valence-electron chi connectivity index (χ4n) is 2.18. The second kappa shape index (κ2) is 6.29. The second-order valence-electron chi connectivity index (χ2n) is 4.56. The Hall–Kier alpha value is -1.51. The number of aliphatic carboxylic acids is 1. The first-order valence-corrected chi connectivity index (χ1v) is 6.88. The fraction of sp³-hybridized carbons (Fsp3) is 0.417. The van der Waals surface area contributed by atoms with E-state index in [1.165, 1.54) is 12.1 Å². The Labute approximate surface area is 123 Å². The van der Waals surface area contributed by atoms with Crippen LogP contribution in [0.25, 0.3) is 0 Å². The summed E-state index contributed by atoms with van der Waals surface area (Å²) in [6.45, 7) is 2.20. The number of halogens is 1. The molecule has 1 aromatic carbocycles. The van der Waals surface area contributed by atoms with Gasteiger partial charge in [-0.3, -0.25) is 19.8 Å². The molecule has 20 heavy (non-hydrogen) atoms. The van der Waals surface area contributed by atoms with Crippen molar-refractivity contribution in [1.29, 1.82) is 0 Å². The van der Waals surface area contributed by atoms with E-state index >= 15 is 0 Å². The molecule has 7 nitrogen and oxygen atoms in total. The topological polar surface area (TPSA) is 95.7 Å². The van der Waals surface area contributed by atoms with Crippen molar-refractivity contribution in [2.75, 3.05) is 19.6 Å². The minimum atomic E-state index is -0.866. The molecule has 0 spiro atoms.